The van der Waals surface area contributed by atoms with Gasteiger partial charge in [-0.2, -0.15) is 0 Å². The third-order valence-corrected chi connectivity index (χ3v) is 4.35. The van der Waals surface area contributed by atoms with Crippen LogP contribution in [0.3, 0.4) is 0 Å². The Hall–Kier alpha value is -1.55. The molecule has 0 spiro atoms. The second-order valence-corrected chi connectivity index (χ2v) is 6.11. The molecule has 0 radical (unpaired) electrons. The predicted molar refractivity (Wildman–Crippen MR) is 91.0 cm³/mol. The van der Waals surface area contributed by atoms with E-state index in [1.54, 1.807) is 0 Å². The van der Waals surface area contributed by atoms with Crippen LogP contribution in [0.15, 0.2) is 30.3 Å². The van der Waals surface area contributed by atoms with E-state index in [1.807, 2.05) is 6.92 Å². The summed E-state index contributed by atoms with van der Waals surface area (Å²) in [4.78, 5) is 13.8. The van der Waals surface area contributed by atoms with Gasteiger partial charge >= 0.3 is 6.03 Å². The highest BCUT2D eigenvalue weighted by Crippen LogP contribution is 2.21. The lowest BCUT2D eigenvalue weighted by Crippen LogP contribution is -2.38. The molecule has 0 aromatic heterocycles. The number of nitrogens with zero attached hydrogens (tertiary/aromatic N) is 1. The molecule has 1 saturated heterocycles. The van der Waals surface area contributed by atoms with Crippen molar-refractivity contribution in [3.63, 3.8) is 0 Å². The third-order valence-electron chi connectivity index (χ3n) is 4.35. The van der Waals surface area contributed by atoms with Crippen molar-refractivity contribution >= 4 is 6.03 Å². The number of nitrogens with one attached hydrogen (secondary N) is 2. The molecule has 4 heteroatoms. The van der Waals surface area contributed by atoms with Crippen LogP contribution in [0.1, 0.15) is 31.7 Å². The van der Waals surface area contributed by atoms with Gasteiger partial charge in [0, 0.05) is 13.1 Å². The molecule has 2 amide bonds. The van der Waals surface area contributed by atoms with E-state index in [0.29, 0.717) is 6.54 Å². The van der Waals surface area contributed by atoms with E-state index in [2.05, 4.69) is 45.9 Å². The molecule has 2 rings (SSSR count). The van der Waals surface area contributed by atoms with E-state index in [0.717, 1.165) is 25.4 Å². The number of likely N-dealkylation sites (tertiary alicyclic amines) is 1. The van der Waals surface area contributed by atoms with Crippen LogP contribution in [0.2, 0.25) is 0 Å². The van der Waals surface area contributed by atoms with Gasteiger partial charge in [0.05, 0.1) is 0 Å². The smallest absolute Gasteiger partial charge is 0.314 e. The highest BCUT2D eigenvalue weighted by atomic mass is 16.2. The zero-order chi connectivity index (χ0) is 15.6. The van der Waals surface area contributed by atoms with E-state index >= 15 is 0 Å². The van der Waals surface area contributed by atoms with Crippen LogP contribution in [0.5, 0.6) is 0 Å². The summed E-state index contributed by atoms with van der Waals surface area (Å²) in [5, 5.41) is 5.64. The van der Waals surface area contributed by atoms with Crippen LogP contribution < -0.4 is 10.6 Å². The lowest BCUT2D eigenvalue weighted by molar-refractivity contribution is 0.182. The molecule has 122 valence electrons. The summed E-state index contributed by atoms with van der Waals surface area (Å²) in [6.45, 7) is 6.84. The molecule has 0 atom stereocenters. The zero-order valence-electron chi connectivity index (χ0n) is 13.7. The average molecular weight is 303 g/mol. The number of rotatable bonds is 7. The maximum atomic E-state index is 11.3. The van der Waals surface area contributed by atoms with Gasteiger partial charge in [0.15, 0.2) is 0 Å². The molecular weight excluding hydrogens is 274 g/mol. The van der Waals surface area contributed by atoms with Gasteiger partial charge < -0.3 is 15.5 Å². The molecule has 1 fully saturated rings. The van der Waals surface area contributed by atoms with Gasteiger partial charge in [-0.3, -0.25) is 0 Å². The van der Waals surface area contributed by atoms with Gasteiger partial charge in [-0.1, -0.05) is 30.3 Å². The SMILES string of the molecule is CCNC(=O)NCCCN1CCC(Cc2ccccc2)CC1. The summed E-state index contributed by atoms with van der Waals surface area (Å²) < 4.78 is 0. The minimum absolute atomic E-state index is 0.0518. The van der Waals surface area contributed by atoms with Crippen molar-refractivity contribution in [2.75, 3.05) is 32.7 Å². The fourth-order valence-corrected chi connectivity index (χ4v) is 3.09. The molecule has 0 unspecified atom stereocenters. The highest BCUT2D eigenvalue weighted by Gasteiger charge is 2.18. The molecule has 1 heterocycles. The van der Waals surface area contributed by atoms with Gasteiger partial charge in [-0.15, -0.1) is 0 Å². The minimum Gasteiger partial charge on any atom is -0.338 e. The summed E-state index contributed by atoms with van der Waals surface area (Å²) in [5.41, 5.74) is 1.46. The Morgan fingerprint density at radius 2 is 1.91 bits per heavy atom. The maximum Gasteiger partial charge on any atom is 0.314 e. The van der Waals surface area contributed by atoms with Crippen LogP contribution in [0.4, 0.5) is 4.79 Å². The Labute approximate surface area is 134 Å². The topological polar surface area (TPSA) is 44.4 Å². The van der Waals surface area contributed by atoms with Crippen LogP contribution in [0.25, 0.3) is 0 Å². The Balaban J connectivity index is 1.56. The van der Waals surface area contributed by atoms with Crippen LogP contribution in [-0.2, 0) is 6.42 Å². The Kier molecular flexibility index (Phi) is 7.23. The van der Waals surface area contributed by atoms with Crippen molar-refractivity contribution < 1.29 is 4.79 Å². The van der Waals surface area contributed by atoms with E-state index in [1.165, 1.54) is 37.9 Å². The van der Waals surface area contributed by atoms with Gasteiger partial charge in [0.1, 0.15) is 0 Å². The van der Waals surface area contributed by atoms with Crippen molar-refractivity contribution in [2.24, 2.45) is 5.92 Å². The lowest BCUT2D eigenvalue weighted by Gasteiger charge is -2.32. The van der Waals surface area contributed by atoms with E-state index in [4.69, 9.17) is 0 Å². The Bertz CT molecular complexity index is 427. The first kappa shape index (κ1) is 16.8. The second-order valence-electron chi connectivity index (χ2n) is 6.11. The summed E-state index contributed by atoms with van der Waals surface area (Å²) in [6.07, 6.45) is 4.82. The second kappa shape index (κ2) is 9.46. The molecule has 0 bridgehead atoms. The minimum atomic E-state index is -0.0518. The molecule has 1 aliphatic heterocycles. The van der Waals surface area contributed by atoms with Gasteiger partial charge in [-0.25, -0.2) is 4.79 Å². The maximum absolute atomic E-state index is 11.3. The standard InChI is InChI=1S/C18H29N3O/c1-2-19-18(22)20-11-6-12-21-13-9-17(10-14-21)15-16-7-4-3-5-8-16/h3-5,7-8,17H,2,6,9-15H2,1H3,(H2,19,20,22). The number of benzene rings is 1. The van der Waals surface area contributed by atoms with Gasteiger partial charge in [0.25, 0.3) is 0 Å². The zero-order valence-corrected chi connectivity index (χ0v) is 13.7. The summed E-state index contributed by atoms with van der Waals surface area (Å²) >= 11 is 0. The summed E-state index contributed by atoms with van der Waals surface area (Å²) in [5.74, 6) is 0.826. The number of carbonyl (C=O) groups excluding carboxylic acids is 1. The molecule has 4 nitrogen and oxygen atoms in total. The van der Waals surface area contributed by atoms with E-state index < -0.39 is 0 Å². The van der Waals surface area contributed by atoms with Gasteiger partial charge in [0.2, 0.25) is 0 Å². The van der Waals surface area contributed by atoms with Crippen molar-refractivity contribution in [3.8, 4) is 0 Å². The summed E-state index contributed by atoms with van der Waals surface area (Å²) in [6, 6.07) is 10.8. The number of urea groups is 1. The Morgan fingerprint density at radius 3 is 2.59 bits per heavy atom. The molecular formula is C18H29N3O. The van der Waals surface area contributed by atoms with E-state index in [9.17, 15) is 4.79 Å². The number of amides is 2. The highest BCUT2D eigenvalue weighted by molar-refractivity contribution is 5.73. The van der Waals surface area contributed by atoms with E-state index in [-0.39, 0.29) is 6.03 Å². The molecule has 1 aromatic carbocycles. The quantitative estimate of drug-likeness (QED) is 0.761. The van der Waals surface area contributed by atoms with Gasteiger partial charge in [-0.05, 0) is 63.7 Å². The number of hydrogen-bond donors (Lipinski definition) is 2. The number of hydrogen-bond acceptors (Lipinski definition) is 2. The Morgan fingerprint density at radius 1 is 1.18 bits per heavy atom. The molecule has 22 heavy (non-hydrogen) atoms. The normalized spacial score (nSPS) is 16.4. The predicted octanol–water partition coefficient (Wildman–Crippen LogP) is 2.65. The van der Waals surface area contributed by atoms with Crippen molar-refractivity contribution in [1.29, 1.82) is 0 Å². The fourth-order valence-electron chi connectivity index (χ4n) is 3.09. The fraction of sp³-hybridized carbons (Fsp3) is 0.611. The van der Waals surface area contributed by atoms with Crippen LogP contribution in [0, 0.1) is 5.92 Å². The third kappa shape index (κ3) is 6.06. The molecule has 2 N–H and O–H groups in total. The van der Waals surface area contributed by atoms with Crippen molar-refractivity contribution in [3.05, 3.63) is 35.9 Å². The van der Waals surface area contributed by atoms with Crippen LogP contribution in [-0.4, -0.2) is 43.7 Å². The first-order valence-electron chi connectivity index (χ1n) is 8.56. The molecule has 1 aliphatic rings. The summed E-state index contributed by atoms with van der Waals surface area (Å²) in [7, 11) is 0. The largest absolute Gasteiger partial charge is 0.338 e. The molecule has 0 aliphatic carbocycles. The average Bonchev–Trinajstić information content (AvgIpc) is 2.54. The number of piperidine rings is 1. The molecule has 1 aromatic rings. The first-order chi connectivity index (χ1) is 10.8. The first-order valence-corrected chi connectivity index (χ1v) is 8.56. The van der Waals surface area contributed by atoms with Crippen molar-refractivity contribution in [1.82, 2.24) is 15.5 Å². The lowest BCUT2D eigenvalue weighted by atomic mass is 9.90. The monoisotopic (exact) mass is 303 g/mol. The molecule has 0 saturated carbocycles. The van der Waals surface area contributed by atoms with Crippen LogP contribution >= 0.6 is 0 Å². The number of carbonyl (C=O) groups is 1. The van der Waals surface area contributed by atoms with Crippen molar-refractivity contribution in [2.45, 2.75) is 32.6 Å².